The van der Waals surface area contributed by atoms with Crippen LogP contribution >= 0.6 is 23.8 Å². The summed E-state index contributed by atoms with van der Waals surface area (Å²) >= 11 is 11.3. The van der Waals surface area contributed by atoms with Crippen LogP contribution in [0.25, 0.3) is 0 Å². The van der Waals surface area contributed by atoms with Gasteiger partial charge >= 0.3 is 5.97 Å². The summed E-state index contributed by atoms with van der Waals surface area (Å²) in [7, 11) is 1.26. The smallest absolute Gasteiger partial charge is 0.325 e. The predicted molar refractivity (Wildman–Crippen MR) is 122 cm³/mol. The second-order valence-electron chi connectivity index (χ2n) is 6.99. The molecule has 1 aliphatic heterocycles. The highest BCUT2D eigenvalue weighted by molar-refractivity contribution is 7.80. The van der Waals surface area contributed by atoms with E-state index < -0.39 is 12.0 Å². The lowest BCUT2D eigenvalue weighted by Gasteiger charge is -2.22. The Bertz CT molecular complexity index is 968. The van der Waals surface area contributed by atoms with Gasteiger partial charge in [0, 0.05) is 17.3 Å². The van der Waals surface area contributed by atoms with Crippen molar-refractivity contribution in [1.29, 1.82) is 0 Å². The van der Waals surface area contributed by atoms with Crippen LogP contribution in [0.1, 0.15) is 12.0 Å². The molecular formula is C22H22ClN3O4S. The van der Waals surface area contributed by atoms with E-state index in [4.69, 9.17) is 28.6 Å². The van der Waals surface area contributed by atoms with Crippen LogP contribution < -0.4 is 5.32 Å². The molecule has 1 heterocycles. The number of hydrogen-bond donors (Lipinski definition) is 1. The standard InChI is InChI=1S/C22H22ClN3O4S/c1-30-20(28)14-26-18(13-19(27)24-17-9-7-16(23)8-10-17)21(29)25(22(26)31)12-11-15-5-3-2-4-6-15/h2-10,18H,11-14H2,1H3,(H,24,27). The predicted octanol–water partition coefficient (Wildman–Crippen LogP) is 2.88. The first-order valence-corrected chi connectivity index (χ1v) is 10.5. The van der Waals surface area contributed by atoms with Gasteiger partial charge in [0.25, 0.3) is 5.91 Å². The molecule has 9 heteroatoms. The number of nitrogens with one attached hydrogen (secondary N) is 1. The summed E-state index contributed by atoms with van der Waals surface area (Å²) in [4.78, 5) is 40.5. The van der Waals surface area contributed by atoms with Gasteiger partial charge in [-0.3, -0.25) is 19.3 Å². The number of benzene rings is 2. The van der Waals surface area contributed by atoms with Crippen molar-refractivity contribution < 1.29 is 19.1 Å². The summed E-state index contributed by atoms with van der Waals surface area (Å²) in [6, 6.07) is 15.5. The highest BCUT2D eigenvalue weighted by Gasteiger charge is 2.44. The Labute approximate surface area is 190 Å². The number of ether oxygens (including phenoxy) is 1. The van der Waals surface area contributed by atoms with Gasteiger partial charge in [0.05, 0.1) is 13.5 Å². The second-order valence-corrected chi connectivity index (χ2v) is 7.79. The Kier molecular flexibility index (Phi) is 7.59. The molecule has 1 saturated heterocycles. The molecule has 7 nitrogen and oxygen atoms in total. The first-order chi connectivity index (χ1) is 14.9. The van der Waals surface area contributed by atoms with Gasteiger partial charge in [-0.05, 0) is 48.5 Å². The monoisotopic (exact) mass is 459 g/mol. The fourth-order valence-electron chi connectivity index (χ4n) is 3.29. The lowest BCUT2D eigenvalue weighted by Crippen LogP contribution is -2.41. The highest BCUT2D eigenvalue weighted by Crippen LogP contribution is 2.22. The van der Waals surface area contributed by atoms with Crippen molar-refractivity contribution in [2.24, 2.45) is 0 Å². The number of carbonyl (C=O) groups is 3. The van der Waals surface area contributed by atoms with E-state index in [1.165, 1.54) is 16.9 Å². The van der Waals surface area contributed by atoms with E-state index in [0.29, 0.717) is 23.7 Å². The zero-order valence-electron chi connectivity index (χ0n) is 16.9. The van der Waals surface area contributed by atoms with E-state index in [1.807, 2.05) is 30.3 Å². The van der Waals surface area contributed by atoms with Crippen molar-refractivity contribution >= 4 is 52.4 Å². The molecule has 31 heavy (non-hydrogen) atoms. The van der Waals surface area contributed by atoms with E-state index >= 15 is 0 Å². The summed E-state index contributed by atoms with van der Waals surface area (Å²) in [5.74, 6) is -1.22. The first kappa shape index (κ1) is 22.7. The molecule has 0 saturated carbocycles. The van der Waals surface area contributed by atoms with Gasteiger partial charge < -0.3 is 15.0 Å². The van der Waals surface area contributed by atoms with Crippen LogP contribution in [-0.2, 0) is 25.5 Å². The molecule has 0 spiro atoms. The first-order valence-electron chi connectivity index (χ1n) is 9.67. The van der Waals surface area contributed by atoms with Gasteiger partial charge in [0.1, 0.15) is 12.6 Å². The topological polar surface area (TPSA) is 79.0 Å². The van der Waals surface area contributed by atoms with Crippen molar-refractivity contribution in [1.82, 2.24) is 9.80 Å². The number of thiocarbonyl (C=S) groups is 1. The number of hydrogen-bond acceptors (Lipinski definition) is 5. The molecule has 0 aromatic heterocycles. The van der Waals surface area contributed by atoms with Crippen LogP contribution in [0.4, 0.5) is 5.69 Å². The Morgan fingerprint density at radius 1 is 1.13 bits per heavy atom. The Morgan fingerprint density at radius 3 is 2.45 bits per heavy atom. The minimum Gasteiger partial charge on any atom is -0.468 e. The maximum atomic E-state index is 13.1. The van der Waals surface area contributed by atoms with Gasteiger partial charge in [0.2, 0.25) is 5.91 Å². The number of carbonyl (C=O) groups excluding carboxylic acids is 3. The van der Waals surface area contributed by atoms with Crippen LogP contribution in [0.2, 0.25) is 5.02 Å². The van der Waals surface area contributed by atoms with E-state index in [-0.39, 0.29) is 29.9 Å². The minimum atomic E-state index is -0.880. The fraction of sp³-hybridized carbons (Fsp3) is 0.273. The van der Waals surface area contributed by atoms with Crippen molar-refractivity contribution in [2.75, 3.05) is 25.5 Å². The quantitative estimate of drug-likeness (QED) is 0.483. The molecule has 2 amide bonds. The average Bonchev–Trinajstić information content (AvgIpc) is 2.98. The average molecular weight is 460 g/mol. The van der Waals surface area contributed by atoms with Gasteiger partial charge in [-0.15, -0.1) is 0 Å². The maximum absolute atomic E-state index is 13.1. The third-order valence-electron chi connectivity index (χ3n) is 4.90. The maximum Gasteiger partial charge on any atom is 0.325 e. The Hall–Kier alpha value is -2.97. The molecule has 0 bridgehead atoms. The van der Waals surface area contributed by atoms with Crippen LogP contribution in [0.3, 0.4) is 0 Å². The van der Waals surface area contributed by atoms with Gasteiger partial charge in [-0.1, -0.05) is 41.9 Å². The summed E-state index contributed by atoms with van der Waals surface area (Å²) in [6.45, 7) is 0.149. The number of nitrogens with zero attached hydrogens (tertiary/aromatic N) is 2. The number of esters is 1. The largest absolute Gasteiger partial charge is 0.468 e. The highest BCUT2D eigenvalue weighted by atomic mass is 35.5. The molecule has 1 aliphatic rings. The summed E-state index contributed by atoms with van der Waals surface area (Å²) in [5.41, 5.74) is 1.62. The normalized spacial score (nSPS) is 15.9. The molecule has 2 aromatic rings. The van der Waals surface area contributed by atoms with Gasteiger partial charge in [-0.25, -0.2) is 0 Å². The lowest BCUT2D eigenvalue weighted by atomic mass is 10.1. The second kappa shape index (κ2) is 10.4. The summed E-state index contributed by atoms with van der Waals surface area (Å²) in [5, 5.41) is 3.50. The minimum absolute atomic E-state index is 0.152. The van der Waals surface area contributed by atoms with Crippen molar-refractivity contribution in [2.45, 2.75) is 18.9 Å². The van der Waals surface area contributed by atoms with E-state index in [9.17, 15) is 14.4 Å². The number of halogens is 1. The zero-order chi connectivity index (χ0) is 22.4. The molecule has 3 rings (SSSR count). The van der Waals surface area contributed by atoms with Crippen LogP contribution in [-0.4, -0.2) is 58.9 Å². The fourth-order valence-corrected chi connectivity index (χ4v) is 3.79. The zero-order valence-corrected chi connectivity index (χ0v) is 18.5. The number of methoxy groups -OCH3 is 1. The molecule has 1 N–H and O–H groups in total. The van der Waals surface area contributed by atoms with Gasteiger partial charge in [-0.2, -0.15) is 0 Å². The van der Waals surface area contributed by atoms with Crippen molar-refractivity contribution in [3.63, 3.8) is 0 Å². The molecule has 1 fully saturated rings. The Balaban J connectivity index is 1.72. The van der Waals surface area contributed by atoms with Crippen LogP contribution in [0, 0.1) is 0 Å². The Morgan fingerprint density at radius 2 is 1.81 bits per heavy atom. The molecule has 162 valence electrons. The number of anilines is 1. The van der Waals surface area contributed by atoms with E-state index in [1.54, 1.807) is 24.3 Å². The lowest BCUT2D eigenvalue weighted by molar-refractivity contribution is -0.141. The van der Waals surface area contributed by atoms with Crippen molar-refractivity contribution in [3.8, 4) is 0 Å². The third kappa shape index (κ3) is 5.80. The van der Waals surface area contributed by atoms with Crippen molar-refractivity contribution in [3.05, 3.63) is 65.2 Å². The molecule has 1 unspecified atom stereocenters. The van der Waals surface area contributed by atoms with E-state index in [0.717, 1.165) is 5.56 Å². The van der Waals surface area contributed by atoms with E-state index in [2.05, 4.69) is 5.32 Å². The third-order valence-corrected chi connectivity index (χ3v) is 5.61. The number of rotatable bonds is 8. The van der Waals surface area contributed by atoms with Crippen LogP contribution in [0.15, 0.2) is 54.6 Å². The molecule has 0 aliphatic carbocycles. The van der Waals surface area contributed by atoms with Crippen LogP contribution in [0.5, 0.6) is 0 Å². The molecule has 0 radical (unpaired) electrons. The summed E-state index contributed by atoms with van der Waals surface area (Å²) in [6.07, 6.45) is 0.447. The summed E-state index contributed by atoms with van der Waals surface area (Å²) < 4.78 is 4.74. The van der Waals surface area contributed by atoms with Gasteiger partial charge in [0.15, 0.2) is 5.11 Å². The molecular weight excluding hydrogens is 438 g/mol. The molecule has 2 aromatic carbocycles. The number of amides is 2. The molecule has 1 atom stereocenters. The SMILES string of the molecule is COC(=O)CN1C(=S)N(CCc2ccccc2)C(=O)C1CC(=O)Nc1ccc(Cl)cc1.